The molecule has 1 aromatic carbocycles. The molecule has 6 heteroatoms. The first-order valence-electron chi connectivity index (χ1n) is 6.87. The van der Waals surface area contributed by atoms with Gasteiger partial charge in [0.15, 0.2) is 0 Å². The normalized spacial score (nSPS) is 12.7. The number of sulfonamides is 1. The molecule has 0 unspecified atom stereocenters. The molecule has 0 aromatic heterocycles. The van der Waals surface area contributed by atoms with Crippen molar-refractivity contribution in [3.8, 4) is 0 Å². The van der Waals surface area contributed by atoms with Crippen LogP contribution in [0.1, 0.15) is 38.8 Å². The lowest BCUT2D eigenvalue weighted by Crippen LogP contribution is -2.37. The molecule has 21 heavy (non-hydrogen) atoms. The van der Waals surface area contributed by atoms with Gasteiger partial charge < -0.3 is 5.73 Å². The molecule has 0 fully saturated rings. The predicted octanol–water partition coefficient (Wildman–Crippen LogP) is 2.59. The van der Waals surface area contributed by atoms with E-state index in [1.54, 1.807) is 19.1 Å². The molecule has 0 spiro atoms. The van der Waals surface area contributed by atoms with Gasteiger partial charge in [0, 0.05) is 12.1 Å². The van der Waals surface area contributed by atoms with Crippen molar-refractivity contribution in [2.45, 2.75) is 39.5 Å². The number of rotatable bonds is 6. The van der Waals surface area contributed by atoms with Crippen molar-refractivity contribution in [2.24, 2.45) is 17.1 Å². The molecule has 0 atom stereocenters. The van der Waals surface area contributed by atoms with Gasteiger partial charge in [-0.15, -0.1) is 0 Å². The molecule has 0 aliphatic carbocycles. The topological polar surface area (TPSA) is 72.2 Å². The van der Waals surface area contributed by atoms with Crippen LogP contribution >= 0.6 is 12.2 Å². The minimum Gasteiger partial charge on any atom is -0.389 e. The molecular weight excluding hydrogens is 304 g/mol. The molecule has 0 saturated carbocycles. The van der Waals surface area contributed by atoms with Gasteiger partial charge in [-0.3, -0.25) is 0 Å². The van der Waals surface area contributed by atoms with E-state index < -0.39 is 10.0 Å². The second kappa shape index (κ2) is 6.42. The molecule has 0 bridgehead atoms. The third-order valence-corrected chi connectivity index (χ3v) is 5.67. The van der Waals surface area contributed by atoms with Crippen molar-refractivity contribution < 1.29 is 8.42 Å². The molecule has 0 aliphatic heterocycles. The van der Waals surface area contributed by atoms with Gasteiger partial charge in [0.2, 0.25) is 10.0 Å². The maximum absolute atomic E-state index is 12.4. The Hall–Kier alpha value is -0.980. The van der Waals surface area contributed by atoms with Gasteiger partial charge in [-0.2, -0.15) is 0 Å². The molecule has 1 aromatic rings. The summed E-state index contributed by atoms with van der Waals surface area (Å²) >= 11 is 4.93. The van der Waals surface area contributed by atoms with Crippen LogP contribution in [-0.2, 0) is 10.0 Å². The number of aryl methyl sites for hydroxylation is 1. The van der Waals surface area contributed by atoms with Crippen LogP contribution in [0.4, 0.5) is 0 Å². The average molecular weight is 329 g/mol. The van der Waals surface area contributed by atoms with Gasteiger partial charge in [-0.25, -0.2) is 13.1 Å². The number of nitrogens with one attached hydrogen (secondary N) is 1. The summed E-state index contributed by atoms with van der Waals surface area (Å²) < 4.78 is 27.4. The van der Waals surface area contributed by atoms with Crippen LogP contribution in [0.5, 0.6) is 0 Å². The average Bonchev–Trinajstić information content (AvgIpc) is 2.36. The van der Waals surface area contributed by atoms with E-state index in [1.807, 2.05) is 13.8 Å². The second-order valence-electron chi connectivity index (χ2n) is 6.31. The Kier molecular flexibility index (Phi) is 5.52. The number of nitrogens with two attached hydrogens (primary N) is 1. The van der Waals surface area contributed by atoms with Crippen molar-refractivity contribution in [3.05, 3.63) is 29.3 Å². The van der Waals surface area contributed by atoms with Crippen molar-refractivity contribution >= 4 is 27.2 Å². The van der Waals surface area contributed by atoms with Gasteiger partial charge in [0.25, 0.3) is 0 Å². The minimum absolute atomic E-state index is 0.110. The van der Waals surface area contributed by atoms with Crippen LogP contribution in [0, 0.1) is 18.3 Å². The Labute approximate surface area is 133 Å². The van der Waals surface area contributed by atoms with E-state index >= 15 is 0 Å². The zero-order chi connectivity index (χ0) is 16.4. The van der Waals surface area contributed by atoms with Crippen LogP contribution in [0.2, 0.25) is 0 Å². The smallest absolute Gasteiger partial charge is 0.240 e. The maximum atomic E-state index is 12.4. The summed E-state index contributed by atoms with van der Waals surface area (Å²) in [5.74, 6) is 0.374. The molecular formula is C15H24N2O2S2. The summed E-state index contributed by atoms with van der Waals surface area (Å²) in [6, 6.07) is 4.78. The zero-order valence-corrected chi connectivity index (χ0v) is 14.9. The van der Waals surface area contributed by atoms with E-state index in [9.17, 15) is 8.42 Å². The zero-order valence-electron chi connectivity index (χ0n) is 13.2. The highest BCUT2D eigenvalue weighted by molar-refractivity contribution is 7.89. The highest BCUT2D eigenvalue weighted by atomic mass is 32.2. The third-order valence-electron chi connectivity index (χ3n) is 4.05. The first-order chi connectivity index (χ1) is 9.47. The van der Waals surface area contributed by atoms with Crippen LogP contribution in [0.25, 0.3) is 0 Å². The fraction of sp³-hybridized carbons (Fsp3) is 0.533. The number of hydrogen-bond acceptors (Lipinski definition) is 3. The van der Waals surface area contributed by atoms with Gasteiger partial charge in [-0.1, -0.05) is 46.0 Å². The minimum atomic E-state index is -3.53. The predicted molar refractivity (Wildman–Crippen MR) is 90.9 cm³/mol. The van der Waals surface area contributed by atoms with Crippen molar-refractivity contribution in [2.75, 3.05) is 6.54 Å². The van der Waals surface area contributed by atoms with E-state index in [4.69, 9.17) is 18.0 Å². The van der Waals surface area contributed by atoms with Gasteiger partial charge >= 0.3 is 0 Å². The highest BCUT2D eigenvalue weighted by Gasteiger charge is 2.25. The summed E-state index contributed by atoms with van der Waals surface area (Å²) in [6.45, 7) is 10.4. The van der Waals surface area contributed by atoms with Crippen LogP contribution in [0.3, 0.4) is 0 Å². The highest BCUT2D eigenvalue weighted by Crippen LogP contribution is 2.25. The Morgan fingerprint density at radius 2 is 1.95 bits per heavy atom. The van der Waals surface area contributed by atoms with Gasteiger partial charge in [0.05, 0.1) is 4.90 Å². The summed E-state index contributed by atoms with van der Waals surface area (Å²) in [7, 11) is -3.53. The Morgan fingerprint density at radius 3 is 2.38 bits per heavy atom. The summed E-state index contributed by atoms with van der Waals surface area (Å²) in [6.07, 6.45) is 0. The standard InChI is InChI=1S/C15H24N2O2S2/c1-10(2)15(4,5)9-17-21(18,19)12-6-7-13(14(16)20)11(3)8-12/h6-8,10,17H,9H2,1-5H3,(H2,16,20). The van der Waals surface area contributed by atoms with E-state index in [2.05, 4.69) is 18.6 Å². The van der Waals surface area contributed by atoms with E-state index in [0.29, 0.717) is 18.0 Å². The van der Waals surface area contributed by atoms with Gasteiger partial charge in [0.1, 0.15) is 4.99 Å². The molecule has 0 heterocycles. The van der Waals surface area contributed by atoms with Crippen LogP contribution in [0.15, 0.2) is 23.1 Å². The lowest BCUT2D eigenvalue weighted by atomic mass is 9.81. The fourth-order valence-corrected chi connectivity index (χ4v) is 3.19. The quantitative estimate of drug-likeness (QED) is 0.787. The molecule has 4 nitrogen and oxygen atoms in total. The third kappa shape index (κ3) is 4.49. The van der Waals surface area contributed by atoms with Crippen molar-refractivity contribution in [3.63, 3.8) is 0 Å². The summed E-state index contributed by atoms with van der Waals surface area (Å²) in [4.78, 5) is 0.505. The number of hydrogen-bond donors (Lipinski definition) is 2. The molecule has 0 saturated heterocycles. The van der Waals surface area contributed by atoms with Crippen LogP contribution < -0.4 is 10.5 Å². The van der Waals surface area contributed by atoms with Crippen molar-refractivity contribution in [1.82, 2.24) is 4.72 Å². The Bertz CT molecular complexity index is 635. The van der Waals surface area contributed by atoms with E-state index in [-0.39, 0.29) is 15.3 Å². The SMILES string of the molecule is Cc1cc(S(=O)(=O)NCC(C)(C)C(C)C)ccc1C(N)=S. The largest absolute Gasteiger partial charge is 0.389 e. The first kappa shape index (κ1) is 18.1. The van der Waals surface area contributed by atoms with Crippen molar-refractivity contribution in [1.29, 1.82) is 0 Å². The lowest BCUT2D eigenvalue weighted by molar-refractivity contribution is 0.252. The summed E-state index contributed by atoms with van der Waals surface area (Å²) in [5, 5.41) is 0. The second-order valence-corrected chi connectivity index (χ2v) is 8.52. The first-order valence-corrected chi connectivity index (χ1v) is 8.76. The molecule has 3 N–H and O–H groups in total. The molecule has 1 rings (SSSR count). The van der Waals surface area contributed by atoms with Gasteiger partial charge in [-0.05, 0) is 36.0 Å². The maximum Gasteiger partial charge on any atom is 0.240 e. The van der Waals surface area contributed by atoms with E-state index in [1.165, 1.54) is 6.07 Å². The molecule has 0 amide bonds. The molecule has 0 aliphatic rings. The number of benzene rings is 1. The van der Waals surface area contributed by atoms with Crippen LogP contribution in [-0.4, -0.2) is 20.0 Å². The summed E-state index contributed by atoms with van der Waals surface area (Å²) in [5.41, 5.74) is 6.94. The van der Waals surface area contributed by atoms with E-state index in [0.717, 1.165) is 5.56 Å². The fourth-order valence-electron chi connectivity index (χ4n) is 1.65. The number of thiocarbonyl (C=S) groups is 1. The monoisotopic (exact) mass is 328 g/mol. The Balaban J connectivity index is 2.99. The molecule has 0 radical (unpaired) electrons. The molecule has 118 valence electrons. The Morgan fingerprint density at radius 1 is 1.38 bits per heavy atom. The lowest BCUT2D eigenvalue weighted by Gasteiger charge is -2.29.